The smallest absolute Gasteiger partial charge is 0.408 e. The van der Waals surface area contributed by atoms with Gasteiger partial charge in [-0.05, 0) is 50.7 Å². The normalized spacial score (nSPS) is 15.6. The van der Waals surface area contributed by atoms with E-state index in [1.165, 1.54) is 7.11 Å². The summed E-state index contributed by atoms with van der Waals surface area (Å²) in [5.74, 6) is 0.168. The number of ketones is 1. The summed E-state index contributed by atoms with van der Waals surface area (Å²) in [6.07, 6.45) is 1.67. The van der Waals surface area contributed by atoms with Gasteiger partial charge in [0.1, 0.15) is 11.9 Å². The third kappa shape index (κ3) is 7.27. The Morgan fingerprint density at radius 3 is 2.18 bits per heavy atom. The maximum absolute atomic E-state index is 13.4. The number of aromatic nitrogens is 2. The molecule has 0 spiro atoms. The molecule has 3 aromatic rings. The second kappa shape index (κ2) is 13.3. The molecular weight excluding hydrogens is 562 g/mol. The number of carboxylic acid groups (broad SMARTS) is 1. The van der Waals surface area contributed by atoms with E-state index in [4.69, 9.17) is 9.72 Å². The second-order valence-electron chi connectivity index (χ2n) is 12.3. The van der Waals surface area contributed by atoms with Gasteiger partial charge in [-0.25, -0.2) is 14.6 Å². The summed E-state index contributed by atoms with van der Waals surface area (Å²) in [4.78, 5) is 60.6. The van der Waals surface area contributed by atoms with E-state index in [0.29, 0.717) is 17.9 Å². The number of Topliss-reactive ketones (excluding diaryl/α,β-unsaturated/α-hetero) is 1. The van der Waals surface area contributed by atoms with Gasteiger partial charge >= 0.3 is 12.2 Å². The zero-order valence-electron chi connectivity index (χ0n) is 26.1. The number of carbonyl (C=O) groups excluding carboxylic acids is 3. The van der Waals surface area contributed by atoms with Gasteiger partial charge in [-0.1, -0.05) is 62.4 Å². The van der Waals surface area contributed by atoms with E-state index in [2.05, 4.69) is 10.3 Å². The van der Waals surface area contributed by atoms with Gasteiger partial charge in [0.15, 0.2) is 5.78 Å². The Labute approximate surface area is 257 Å². The number of carbonyl (C=O) groups is 4. The second-order valence-corrected chi connectivity index (χ2v) is 12.3. The van der Waals surface area contributed by atoms with Gasteiger partial charge in [0, 0.05) is 29.4 Å². The molecule has 2 heterocycles. The van der Waals surface area contributed by atoms with Gasteiger partial charge in [0.25, 0.3) is 0 Å². The van der Waals surface area contributed by atoms with Crippen LogP contribution < -0.4 is 5.32 Å². The summed E-state index contributed by atoms with van der Waals surface area (Å²) in [5.41, 5.74) is 3.29. The number of nitrogens with zero attached hydrogens (tertiary/aromatic N) is 3. The molecule has 0 saturated carbocycles. The van der Waals surface area contributed by atoms with Crippen LogP contribution in [0.1, 0.15) is 69.7 Å². The first-order chi connectivity index (χ1) is 20.8. The Morgan fingerprint density at radius 1 is 1.05 bits per heavy atom. The van der Waals surface area contributed by atoms with Crippen LogP contribution in [-0.2, 0) is 9.53 Å². The minimum Gasteiger partial charge on any atom is -0.465 e. The summed E-state index contributed by atoms with van der Waals surface area (Å²) in [6.45, 7) is 9.40. The minimum absolute atomic E-state index is 0.110. The number of alkyl carbamates (subject to hydrolysis) is 1. The van der Waals surface area contributed by atoms with E-state index in [1.54, 1.807) is 37.8 Å². The molecule has 3 N–H and O–H groups in total. The molecule has 0 aliphatic carbocycles. The lowest BCUT2D eigenvalue weighted by Gasteiger charge is -2.32. The highest BCUT2D eigenvalue weighted by Gasteiger charge is 2.37. The molecule has 1 fully saturated rings. The lowest BCUT2D eigenvalue weighted by molar-refractivity contribution is -0.135. The summed E-state index contributed by atoms with van der Waals surface area (Å²) < 4.78 is 4.72. The predicted molar refractivity (Wildman–Crippen MR) is 166 cm³/mol. The third-order valence-corrected chi connectivity index (χ3v) is 7.90. The largest absolute Gasteiger partial charge is 0.465 e. The van der Waals surface area contributed by atoms with Crippen molar-refractivity contribution in [1.82, 2.24) is 25.1 Å². The predicted octanol–water partition coefficient (Wildman–Crippen LogP) is 5.75. The molecule has 0 bridgehead atoms. The summed E-state index contributed by atoms with van der Waals surface area (Å²) in [6, 6.07) is 14.1. The summed E-state index contributed by atoms with van der Waals surface area (Å²) in [5, 5.41) is 12.2. The molecule has 0 unspecified atom stereocenters. The lowest BCUT2D eigenvalue weighted by Crippen LogP contribution is -2.51. The number of nitrogens with one attached hydrogen (secondary N) is 2. The van der Waals surface area contributed by atoms with Crippen molar-refractivity contribution in [1.29, 1.82) is 0 Å². The van der Waals surface area contributed by atoms with Crippen molar-refractivity contribution < 1.29 is 29.0 Å². The van der Waals surface area contributed by atoms with E-state index in [0.717, 1.165) is 40.1 Å². The molecule has 1 aliphatic heterocycles. The van der Waals surface area contributed by atoms with Crippen LogP contribution in [-0.4, -0.2) is 80.5 Å². The Hall–Kier alpha value is -4.67. The molecule has 1 aromatic heterocycles. The van der Waals surface area contributed by atoms with Gasteiger partial charge in [-0.3, -0.25) is 14.5 Å². The van der Waals surface area contributed by atoms with E-state index < -0.39 is 23.8 Å². The van der Waals surface area contributed by atoms with Crippen molar-refractivity contribution in [3.8, 4) is 22.4 Å². The quantitative estimate of drug-likeness (QED) is 0.264. The number of hydrogen-bond acceptors (Lipinski definition) is 6. The Bertz CT molecular complexity index is 1490. The molecule has 2 atom stereocenters. The number of ether oxygens (including phenoxy) is 1. The fourth-order valence-corrected chi connectivity index (χ4v) is 5.36. The maximum Gasteiger partial charge on any atom is 0.408 e. The van der Waals surface area contributed by atoms with Gasteiger partial charge in [0.05, 0.1) is 25.4 Å². The monoisotopic (exact) mass is 603 g/mol. The third-order valence-electron chi connectivity index (χ3n) is 7.90. The Morgan fingerprint density at radius 2 is 1.64 bits per heavy atom. The van der Waals surface area contributed by atoms with Crippen molar-refractivity contribution in [2.24, 2.45) is 5.92 Å². The number of likely N-dealkylation sites (tertiary alicyclic amines) is 1. The van der Waals surface area contributed by atoms with E-state index in [9.17, 15) is 24.3 Å². The minimum atomic E-state index is -1.13. The van der Waals surface area contributed by atoms with Crippen LogP contribution in [0.3, 0.4) is 0 Å². The molecule has 1 saturated heterocycles. The van der Waals surface area contributed by atoms with Crippen molar-refractivity contribution in [2.45, 2.75) is 65.1 Å². The zero-order chi connectivity index (χ0) is 32.2. The SMILES string of the molecule is COC(=O)N[C@H](C(=O)N1CCC[C@H]1c1nc(-c2ccc(-c3ccc(C(=O)CN(C(=O)O)C(C)(C)C)cc3)cc2)c[nH]1)C(C)C. The molecular formula is C33H41N5O6. The van der Waals surface area contributed by atoms with Crippen LogP contribution in [0, 0.1) is 5.92 Å². The van der Waals surface area contributed by atoms with Gasteiger partial charge in [-0.2, -0.15) is 0 Å². The first kappa shape index (κ1) is 32.2. The van der Waals surface area contributed by atoms with Crippen molar-refractivity contribution in [3.63, 3.8) is 0 Å². The van der Waals surface area contributed by atoms with Crippen LogP contribution >= 0.6 is 0 Å². The highest BCUT2D eigenvalue weighted by atomic mass is 16.5. The number of hydrogen-bond donors (Lipinski definition) is 3. The molecule has 3 amide bonds. The number of benzene rings is 2. The molecule has 0 radical (unpaired) electrons. The van der Waals surface area contributed by atoms with E-state index >= 15 is 0 Å². The van der Waals surface area contributed by atoms with E-state index in [1.807, 2.05) is 56.4 Å². The highest BCUT2D eigenvalue weighted by molar-refractivity contribution is 5.99. The van der Waals surface area contributed by atoms with Gasteiger partial charge < -0.3 is 25.0 Å². The number of imidazole rings is 1. The van der Waals surface area contributed by atoms with Crippen LogP contribution in [0.25, 0.3) is 22.4 Å². The Balaban J connectivity index is 1.45. The Kier molecular flexibility index (Phi) is 9.76. The van der Waals surface area contributed by atoms with Crippen LogP contribution in [0.5, 0.6) is 0 Å². The fourth-order valence-electron chi connectivity index (χ4n) is 5.36. The number of amides is 3. The number of rotatable bonds is 9. The molecule has 1 aliphatic rings. The number of methoxy groups -OCH3 is 1. The standard InChI is InChI=1S/C33H41N5O6/c1-20(2)28(36-31(41)44-6)30(40)37-17-7-8-26(37)29-34-18-25(35-29)23-13-9-21(10-14-23)22-11-15-24(16-12-22)27(39)19-38(32(42)43)33(3,4)5/h9-16,18,20,26,28H,7-8,17,19H2,1-6H3,(H,34,35)(H,36,41)(H,42,43)/t26-,28-/m0/s1. The van der Waals surface area contributed by atoms with Crippen LogP contribution in [0.2, 0.25) is 0 Å². The topological polar surface area (TPSA) is 145 Å². The van der Waals surface area contributed by atoms with Crippen molar-refractivity contribution in [3.05, 3.63) is 66.1 Å². The maximum atomic E-state index is 13.4. The molecule has 234 valence electrons. The first-order valence-electron chi connectivity index (χ1n) is 14.7. The number of H-pyrrole nitrogens is 1. The summed E-state index contributed by atoms with van der Waals surface area (Å²) in [7, 11) is 1.28. The van der Waals surface area contributed by atoms with Gasteiger partial charge in [-0.15, -0.1) is 0 Å². The van der Waals surface area contributed by atoms with E-state index in [-0.39, 0.29) is 30.2 Å². The van der Waals surface area contributed by atoms with Crippen LogP contribution in [0.15, 0.2) is 54.7 Å². The highest BCUT2D eigenvalue weighted by Crippen LogP contribution is 2.33. The molecule has 11 nitrogen and oxygen atoms in total. The van der Waals surface area contributed by atoms with Gasteiger partial charge in [0.2, 0.25) is 5.91 Å². The first-order valence-corrected chi connectivity index (χ1v) is 14.7. The average Bonchev–Trinajstić information content (AvgIpc) is 3.67. The lowest BCUT2D eigenvalue weighted by atomic mass is 10.00. The molecule has 11 heteroatoms. The zero-order valence-corrected chi connectivity index (χ0v) is 26.1. The number of aromatic amines is 1. The van der Waals surface area contributed by atoms with Crippen molar-refractivity contribution >= 4 is 23.9 Å². The average molecular weight is 604 g/mol. The molecule has 4 rings (SSSR count). The van der Waals surface area contributed by atoms with Crippen LogP contribution in [0.4, 0.5) is 9.59 Å². The molecule has 2 aromatic carbocycles. The summed E-state index contributed by atoms with van der Waals surface area (Å²) >= 11 is 0. The molecule has 44 heavy (non-hydrogen) atoms. The van der Waals surface area contributed by atoms with Crippen molar-refractivity contribution in [2.75, 3.05) is 20.2 Å². The fraction of sp³-hybridized carbons (Fsp3) is 0.424.